The molecule has 1 aromatic heterocycles. The molecule has 1 N–H and O–H groups in total. The first-order chi connectivity index (χ1) is 12.3. The maximum Gasteiger partial charge on any atom is 1.00 e. The van der Waals surface area contributed by atoms with Crippen LogP contribution in [0.4, 0.5) is 0 Å². The number of benzene rings is 2. The first-order valence-corrected chi connectivity index (χ1v) is 11.7. The van der Waals surface area contributed by atoms with E-state index in [1.54, 1.807) is 16.4 Å². The number of methoxy groups -OCH3 is 1. The first kappa shape index (κ1) is 22.7. The van der Waals surface area contributed by atoms with Crippen molar-refractivity contribution >= 4 is 43.0 Å². The van der Waals surface area contributed by atoms with Gasteiger partial charge in [-0.3, -0.25) is 4.55 Å². The maximum atomic E-state index is 11.7. The first-order valence-electron chi connectivity index (χ1n) is 7.73. The van der Waals surface area contributed by atoms with Gasteiger partial charge in [0.15, 0.2) is 0 Å². The Morgan fingerprint density at radius 2 is 1.70 bits per heavy atom. The van der Waals surface area contributed by atoms with Crippen molar-refractivity contribution in [3.63, 3.8) is 0 Å². The quantitative estimate of drug-likeness (QED) is 0.282. The fraction of sp³-hybridized carbons (Fsp3) is 0.167. The Hall–Kier alpha value is -0.580. The van der Waals surface area contributed by atoms with E-state index in [2.05, 4.69) is 19.1 Å². The summed E-state index contributed by atoms with van der Waals surface area (Å²) >= 11 is 5.49. The van der Waals surface area contributed by atoms with E-state index in [-0.39, 0.29) is 40.2 Å². The predicted octanol–water partition coefficient (Wildman–Crippen LogP) is 2.69. The third-order valence-corrected chi connectivity index (χ3v) is 7.93. The molecule has 0 saturated heterocycles. The van der Waals surface area contributed by atoms with Gasteiger partial charge in [0.05, 0.1) is 12.0 Å². The van der Waals surface area contributed by atoms with Crippen molar-refractivity contribution in [1.82, 2.24) is 0 Å². The van der Waals surface area contributed by atoms with Crippen LogP contribution in [-0.4, -0.2) is 20.1 Å². The molecule has 1 heterocycles. The second-order valence-corrected chi connectivity index (χ2v) is 9.76. The minimum atomic E-state index is -4.41. The molecule has 0 fully saturated rings. The molecule has 3 rings (SSSR count). The van der Waals surface area contributed by atoms with E-state index in [9.17, 15) is 13.0 Å². The second-order valence-electron chi connectivity index (χ2n) is 5.55. The fourth-order valence-corrected chi connectivity index (χ4v) is 6.22. The van der Waals surface area contributed by atoms with E-state index in [0.717, 1.165) is 22.4 Å². The Morgan fingerprint density at radius 1 is 1.07 bits per heavy atom. The third-order valence-electron chi connectivity index (χ3n) is 3.99. The van der Waals surface area contributed by atoms with Crippen molar-refractivity contribution in [2.45, 2.75) is 18.2 Å². The Morgan fingerprint density at radius 3 is 2.26 bits per heavy atom. The van der Waals surface area contributed by atoms with Crippen LogP contribution in [0.3, 0.4) is 0 Å². The molecule has 2 aromatic carbocycles. The van der Waals surface area contributed by atoms with Crippen LogP contribution < -0.4 is 34.3 Å². The monoisotopic (exact) mass is 447 g/mol. The van der Waals surface area contributed by atoms with Gasteiger partial charge in [-0.25, -0.2) is 0 Å². The van der Waals surface area contributed by atoms with Gasteiger partial charge in [-0.15, -0.1) is 0 Å². The van der Waals surface area contributed by atoms with Gasteiger partial charge in [-0.2, -0.15) is 8.42 Å². The smallest absolute Gasteiger partial charge is 0.495 e. The van der Waals surface area contributed by atoms with Gasteiger partial charge in [0, 0.05) is 5.56 Å². The van der Waals surface area contributed by atoms with Gasteiger partial charge in [0.25, 0.3) is 10.1 Å². The average Bonchev–Trinajstić information content (AvgIpc) is 3.02. The van der Waals surface area contributed by atoms with Crippen LogP contribution in [0.1, 0.15) is 12.5 Å². The van der Waals surface area contributed by atoms with E-state index >= 15 is 0 Å². The van der Waals surface area contributed by atoms with Gasteiger partial charge in [-0.05, 0) is 35.2 Å². The van der Waals surface area contributed by atoms with Gasteiger partial charge in [0.2, 0.25) is 0 Å². The van der Waals surface area contributed by atoms with Crippen molar-refractivity contribution in [3.05, 3.63) is 51.9 Å². The fourth-order valence-electron chi connectivity index (χ4n) is 2.62. The van der Waals surface area contributed by atoms with Crippen LogP contribution >= 0.6 is 32.9 Å². The minimum absolute atomic E-state index is 0. The number of rotatable bonds is 5. The summed E-state index contributed by atoms with van der Waals surface area (Å²) in [6.07, 6.45) is 0.961. The van der Waals surface area contributed by atoms with Crippen LogP contribution in [-0.2, 0) is 16.5 Å². The van der Waals surface area contributed by atoms with E-state index in [1.165, 1.54) is 35.1 Å². The summed E-state index contributed by atoms with van der Waals surface area (Å²) in [7, 11) is -0.0316. The summed E-state index contributed by atoms with van der Waals surface area (Å²) in [5.41, 5.74) is 3.70. The van der Waals surface area contributed by atoms with Gasteiger partial charge >= 0.3 is 29.6 Å². The van der Waals surface area contributed by atoms with Crippen molar-refractivity contribution in [3.8, 4) is 27.3 Å². The Kier molecular flexibility index (Phi) is 7.80. The molecule has 0 bridgehead atoms. The van der Waals surface area contributed by atoms with E-state index < -0.39 is 10.1 Å². The molecule has 0 aliphatic rings. The zero-order valence-corrected chi connectivity index (χ0v) is 20.3. The van der Waals surface area contributed by atoms with Gasteiger partial charge in [0.1, 0.15) is 14.5 Å². The predicted molar refractivity (Wildman–Crippen MR) is 110 cm³/mol. The van der Waals surface area contributed by atoms with E-state index in [1.807, 2.05) is 12.1 Å². The average molecular weight is 448 g/mol. The molecule has 0 radical (unpaired) electrons. The maximum absolute atomic E-state index is 11.7. The molecule has 27 heavy (non-hydrogen) atoms. The normalized spacial score (nSPS) is 11.1. The molecule has 0 aliphatic carbocycles. The molecule has 0 unspecified atom stereocenters. The number of aryl methyl sites for hydroxylation is 1. The Bertz CT molecular complexity index is 1100. The number of hydrogen-bond donors (Lipinski definition) is 1. The standard InChI is InChI=1S/C18H16O4S4.Na/c1-3-11-4-6-12(7-5-11)17-16(18(23)25-24-17)13-8-9-14(22-2)15(10-13)26(19,20)21;/h4-10H,3H2,1-2H3,(H,19,20,21);/q;+1. The molecule has 3 aromatic rings. The molecule has 0 saturated carbocycles. The van der Waals surface area contributed by atoms with Crippen molar-refractivity contribution in [2.75, 3.05) is 7.11 Å². The second kappa shape index (κ2) is 9.28. The molecule has 0 spiro atoms. The molecular weight excluding hydrogens is 431 g/mol. The van der Waals surface area contributed by atoms with Crippen molar-refractivity contribution in [1.29, 1.82) is 0 Å². The van der Waals surface area contributed by atoms with Gasteiger partial charge in [-0.1, -0.05) is 70.2 Å². The van der Waals surface area contributed by atoms with Crippen molar-refractivity contribution in [2.24, 2.45) is 0 Å². The minimum Gasteiger partial charge on any atom is -0.495 e. The van der Waals surface area contributed by atoms with Crippen LogP contribution in [0.15, 0.2) is 47.4 Å². The largest absolute Gasteiger partial charge is 1.00 e. The van der Waals surface area contributed by atoms with Crippen LogP contribution in [0.5, 0.6) is 5.75 Å². The Balaban J connectivity index is 0.00000261. The summed E-state index contributed by atoms with van der Waals surface area (Å²) in [5, 5.41) is 0. The summed E-state index contributed by atoms with van der Waals surface area (Å²) in [6.45, 7) is 2.10. The molecule has 0 aliphatic heterocycles. The molecule has 0 atom stereocenters. The molecule has 0 amide bonds. The van der Waals surface area contributed by atoms with Crippen LogP contribution in [0.25, 0.3) is 21.6 Å². The zero-order valence-electron chi connectivity index (χ0n) is 15.1. The molecular formula is C18H16NaO4S4+. The third kappa shape index (κ3) is 4.89. The SMILES string of the molecule is CCc1ccc(-c2ssc(=S)c2-c2ccc(OC)c(S(=O)(=O)O)c2)cc1.[Na+]. The van der Waals surface area contributed by atoms with E-state index in [4.69, 9.17) is 17.0 Å². The topological polar surface area (TPSA) is 63.6 Å². The zero-order chi connectivity index (χ0) is 18.9. The van der Waals surface area contributed by atoms with Crippen LogP contribution in [0, 0.1) is 3.82 Å². The number of ether oxygens (including phenoxy) is 1. The molecule has 9 heteroatoms. The van der Waals surface area contributed by atoms with E-state index in [0.29, 0.717) is 9.39 Å². The number of hydrogen-bond acceptors (Lipinski definition) is 6. The molecule has 136 valence electrons. The summed E-state index contributed by atoms with van der Waals surface area (Å²) in [5.74, 6) is 0.0925. The molecule has 4 nitrogen and oxygen atoms in total. The summed E-state index contributed by atoms with van der Waals surface area (Å²) in [6, 6.07) is 12.9. The van der Waals surface area contributed by atoms with Gasteiger partial charge < -0.3 is 4.74 Å². The van der Waals surface area contributed by atoms with Crippen molar-refractivity contribution < 1.29 is 47.3 Å². The summed E-state index contributed by atoms with van der Waals surface area (Å²) in [4.78, 5) is 0.712. The Labute approximate surface area is 193 Å². The summed E-state index contributed by atoms with van der Waals surface area (Å²) < 4.78 is 38.6. The van der Waals surface area contributed by atoms with Crippen LogP contribution in [0.2, 0.25) is 0 Å².